The van der Waals surface area contributed by atoms with Crippen molar-refractivity contribution in [2.45, 2.75) is 13.3 Å². The van der Waals surface area contributed by atoms with Gasteiger partial charge >= 0.3 is 0 Å². The number of fused-ring (bicyclic) bond motifs is 1. The van der Waals surface area contributed by atoms with Crippen LogP contribution in [0.3, 0.4) is 0 Å². The number of nitrogens with zero attached hydrogens (tertiary/aromatic N) is 2. The Morgan fingerprint density at radius 2 is 1.93 bits per heavy atom. The number of rotatable bonds is 4. The Bertz CT molecular complexity index is 1330. The average Bonchev–Trinajstić information content (AvgIpc) is 2.74. The molecule has 2 aromatic heterocycles. The SMILES string of the molecule is CCc1cccc(NC(=O)c2c(O)c3cccnc3n(-c3cccc(F)c3)c2=O)c1. The number of hydrogen-bond acceptors (Lipinski definition) is 4. The molecule has 0 fully saturated rings. The summed E-state index contributed by atoms with van der Waals surface area (Å²) < 4.78 is 14.9. The van der Waals surface area contributed by atoms with E-state index in [0.717, 1.165) is 16.6 Å². The Balaban J connectivity index is 1.92. The minimum atomic E-state index is -0.798. The molecule has 0 aliphatic rings. The highest BCUT2D eigenvalue weighted by Crippen LogP contribution is 2.27. The van der Waals surface area contributed by atoms with Crippen molar-refractivity contribution in [3.8, 4) is 11.4 Å². The molecular formula is C23H18FN3O3. The smallest absolute Gasteiger partial charge is 0.273 e. The zero-order chi connectivity index (χ0) is 21.3. The summed E-state index contributed by atoms with van der Waals surface area (Å²) in [5.41, 5.74) is 0.592. The fourth-order valence-electron chi connectivity index (χ4n) is 3.33. The number of carbonyl (C=O) groups is 1. The number of nitrogens with one attached hydrogen (secondary N) is 1. The van der Waals surface area contributed by atoms with Gasteiger partial charge in [-0.25, -0.2) is 9.37 Å². The lowest BCUT2D eigenvalue weighted by atomic mass is 10.1. The second kappa shape index (κ2) is 7.79. The molecule has 0 saturated carbocycles. The third-order valence-electron chi connectivity index (χ3n) is 4.79. The molecule has 4 rings (SSSR count). The molecule has 4 aromatic rings. The van der Waals surface area contributed by atoms with Crippen molar-refractivity contribution in [1.29, 1.82) is 0 Å². The van der Waals surface area contributed by atoms with Crippen LogP contribution in [0.15, 0.2) is 71.7 Å². The van der Waals surface area contributed by atoms with E-state index in [0.29, 0.717) is 5.69 Å². The van der Waals surface area contributed by atoms with Crippen molar-refractivity contribution in [3.05, 3.63) is 94.2 Å². The highest BCUT2D eigenvalue weighted by Gasteiger charge is 2.24. The predicted molar refractivity (Wildman–Crippen MR) is 113 cm³/mol. The maximum atomic E-state index is 13.8. The molecule has 1 amide bonds. The van der Waals surface area contributed by atoms with Crippen molar-refractivity contribution < 1.29 is 14.3 Å². The molecule has 150 valence electrons. The van der Waals surface area contributed by atoms with Gasteiger partial charge in [0.2, 0.25) is 0 Å². The number of anilines is 1. The van der Waals surface area contributed by atoms with Crippen molar-refractivity contribution in [2.75, 3.05) is 5.32 Å². The van der Waals surface area contributed by atoms with Crippen molar-refractivity contribution in [1.82, 2.24) is 9.55 Å². The number of benzene rings is 2. The Morgan fingerprint density at radius 3 is 2.70 bits per heavy atom. The van der Waals surface area contributed by atoms with Crippen molar-refractivity contribution in [3.63, 3.8) is 0 Å². The largest absolute Gasteiger partial charge is 0.506 e. The topological polar surface area (TPSA) is 84.2 Å². The Kier molecular flexibility index (Phi) is 5.02. The molecule has 0 spiro atoms. The number of hydrogen-bond donors (Lipinski definition) is 2. The van der Waals surface area contributed by atoms with Crippen LogP contribution in [0.5, 0.6) is 5.75 Å². The molecule has 0 unspecified atom stereocenters. The number of carbonyl (C=O) groups excluding carboxylic acids is 1. The molecule has 0 aliphatic heterocycles. The summed E-state index contributed by atoms with van der Waals surface area (Å²) >= 11 is 0. The molecule has 0 aliphatic carbocycles. The van der Waals surface area contributed by atoms with Gasteiger partial charge < -0.3 is 10.4 Å². The van der Waals surface area contributed by atoms with E-state index in [-0.39, 0.29) is 16.7 Å². The standard InChI is InChI=1S/C23H18FN3O3/c1-2-14-6-3-8-16(12-14)26-22(29)19-20(28)18-10-5-11-25-21(18)27(23(19)30)17-9-4-7-15(24)13-17/h3-13,28H,2H2,1H3,(H,26,29). The van der Waals surface area contributed by atoms with Gasteiger partial charge in [-0.2, -0.15) is 0 Å². The lowest BCUT2D eigenvalue weighted by Gasteiger charge is -2.14. The molecule has 6 nitrogen and oxygen atoms in total. The van der Waals surface area contributed by atoms with Crippen LogP contribution in [0.1, 0.15) is 22.8 Å². The summed E-state index contributed by atoms with van der Waals surface area (Å²) in [5.74, 6) is -1.78. The molecular weight excluding hydrogens is 385 g/mol. The second-order valence-corrected chi connectivity index (χ2v) is 6.73. The van der Waals surface area contributed by atoms with Gasteiger partial charge in [0.1, 0.15) is 17.1 Å². The van der Waals surface area contributed by atoms with Crippen LogP contribution in [0.4, 0.5) is 10.1 Å². The van der Waals surface area contributed by atoms with Crippen molar-refractivity contribution in [2.24, 2.45) is 0 Å². The molecule has 2 N–H and O–H groups in total. The van der Waals surface area contributed by atoms with Gasteiger partial charge in [0.05, 0.1) is 11.1 Å². The van der Waals surface area contributed by atoms with Crippen LogP contribution >= 0.6 is 0 Å². The van der Waals surface area contributed by atoms with Gasteiger partial charge in [-0.15, -0.1) is 0 Å². The number of aromatic hydroxyl groups is 1. The summed E-state index contributed by atoms with van der Waals surface area (Å²) in [6, 6.07) is 15.7. The van der Waals surface area contributed by atoms with Crippen LogP contribution in [0.2, 0.25) is 0 Å². The van der Waals surface area contributed by atoms with E-state index in [9.17, 15) is 19.1 Å². The van der Waals surface area contributed by atoms with Crippen LogP contribution in [-0.2, 0) is 6.42 Å². The van der Waals surface area contributed by atoms with E-state index in [1.807, 2.05) is 13.0 Å². The van der Waals surface area contributed by atoms with E-state index in [1.54, 1.807) is 30.3 Å². The van der Waals surface area contributed by atoms with Crippen molar-refractivity contribution >= 4 is 22.6 Å². The summed E-state index contributed by atoms with van der Waals surface area (Å²) in [6.07, 6.45) is 2.23. The zero-order valence-electron chi connectivity index (χ0n) is 16.1. The molecule has 2 aromatic carbocycles. The quantitative estimate of drug-likeness (QED) is 0.539. The number of amides is 1. The van der Waals surface area contributed by atoms with Gasteiger partial charge in [0, 0.05) is 11.9 Å². The first kappa shape index (κ1) is 19.3. The van der Waals surface area contributed by atoms with Gasteiger partial charge in [-0.1, -0.05) is 25.1 Å². The van der Waals surface area contributed by atoms with Crippen LogP contribution < -0.4 is 10.9 Å². The fourth-order valence-corrected chi connectivity index (χ4v) is 3.33. The lowest BCUT2D eigenvalue weighted by Crippen LogP contribution is -2.29. The maximum Gasteiger partial charge on any atom is 0.273 e. The first-order chi connectivity index (χ1) is 14.5. The molecule has 0 bridgehead atoms. The van der Waals surface area contributed by atoms with Gasteiger partial charge in [0.25, 0.3) is 11.5 Å². The highest BCUT2D eigenvalue weighted by molar-refractivity contribution is 6.09. The molecule has 30 heavy (non-hydrogen) atoms. The van der Waals surface area contributed by atoms with Gasteiger partial charge in [-0.3, -0.25) is 14.2 Å². The average molecular weight is 403 g/mol. The summed E-state index contributed by atoms with van der Waals surface area (Å²) in [6.45, 7) is 1.99. The van der Waals surface area contributed by atoms with Crippen LogP contribution in [0, 0.1) is 5.82 Å². The number of halogens is 1. The number of aryl methyl sites for hydroxylation is 1. The van der Waals surface area contributed by atoms with Crippen LogP contribution in [0.25, 0.3) is 16.7 Å². The molecule has 7 heteroatoms. The first-order valence-corrected chi connectivity index (χ1v) is 9.38. The third kappa shape index (κ3) is 3.41. The maximum absolute atomic E-state index is 13.8. The predicted octanol–water partition coefficient (Wildman–Crippen LogP) is 4.05. The van der Waals surface area contributed by atoms with Gasteiger partial charge in [0.15, 0.2) is 5.65 Å². The Hall–Kier alpha value is -4.00. The Morgan fingerprint density at radius 1 is 1.13 bits per heavy atom. The molecule has 0 saturated heterocycles. The second-order valence-electron chi connectivity index (χ2n) is 6.73. The normalized spacial score (nSPS) is 10.9. The lowest BCUT2D eigenvalue weighted by molar-refractivity contribution is 0.102. The number of pyridine rings is 2. The number of aromatic nitrogens is 2. The van der Waals surface area contributed by atoms with E-state index < -0.39 is 28.6 Å². The molecule has 0 atom stereocenters. The Labute approximate surface area is 171 Å². The van der Waals surface area contributed by atoms with Crippen LogP contribution in [-0.4, -0.2) is 20.6 Å². The van der Waals surface area contributed by atoms with E-state index in [2.05, 4.69) is 10.3 Å². The van der Waals surface area contributed by atoms with Gasteiger partial charge in [-0.05, 0) is 54.4 Å². The fraction of sp³-hybridized carbons (Fsp3) is 0.0870. The van der Waals surface area contributed by atoms with E-state index in [1.165, 1.54) is 30.5 Å². The minimum absolute atomic E-state index is 0.120. The first-order valence-electron chi connectivity index (χ1n) is 9.38. The highest BCUT2D eigenvalue weighted by atomic mass is 19.1. The summed E-state index contributed by atoms with van der Waals surface area (Å²) in [4.78, 5) is 30.4. The zero-order valence-corrected chi connectivity index (χ0v) is 16.1. The molecule has 2 heterocycles. The minimum Gasteiger partial charge on any atom is -0.506 e. The summed E-state index contributed by atoms with van der Waals surface area (Å²) in [7, 11) is 0. The third-order valence-corrected chi connectivity index (χ3v) is 4.79. The van der Waals surface area contributed by atoms with E-state index in [4.69, 9.17) is 0 Å². The monoisotopic (exact) mass is 403 g/mol. The molecule has 0 radical (unpaired) electrons. The summed E-state index contributed by atoms with van der Waals surface area (Å²) in [5, 5.41) is 13.6. The van der Waals surface area contributed by atoms with E-state index >= 15 is 0 Å².